The fourth-order valence-corrected chi connectivity index (χ4v) is 3.74. The Morgan fingerprint density at radius 1 is 1.08 bits per heavy atom. The van der Waals surface area contributed by atoms with Gasteiger partial charge in [-0.2, -0.15) is 5.10 Å². The molecule has 0 saturated carbocycles. The number of nitrogens with zero attached hydrogens (tertiary/aromatic N) is 1. The van der Waals surface area contributed by atoms with E-state index in [0.717, 1.165) is 34.3 Å². The van der Waals surface area contributed by atoms with Crippen LogP contribution in [-0.2, 0) is 6.42 Å². The van der Waals surface area contributed by atoms with Crippen LogP contribution in [0.4, 0.5) is 0 Å². The topological polar surface area (TPSA) is 61.5 Å². The molecule has 0 saturated heterocycles. The fraction of sp³-hybridized carbons (Fsp3) is 0.0526. The maximum atomic E-state index is 12.4. The number of nitrogens with one attached hydrogen (secondary N) is 2. The molecule has 116 valence electrons. The molecule has 4 nitrogen and oxygen atoms in total. The number of aromatic amines is 2. The van der Waals surface area contributed by atoms with Crippen molar-refractivity contribution in [1.29, 1.82) is 0 Å². The van der Waals surface area contributed by atoms with E-state index in [4.69, 9.17) is 11.6 Å². The van der Waals surface area contributed by atoms with E-state index in [1.807, 2.05) is 36.4 Å². The standard InChI is InChI=1S/C19H12ClN3O/c20-12-6-3-5-11(8-12)16-18-15(19(24)23-22-16)14-9-10-4-1-2-7-13(10)17(14)21-18/h1-8,21H,9H2,(H,23,24). The fourth-order valence-electron chi connectivity index (χ4n) is 3.55. The highest BCUT2D eigenvalue weighted by molar-refractivity contribution is 6.30. The zero-order chi connectivity index (χ0) is 16.3. The molecule has 0 atom stereocenters. The van der Waals surface area contributed by atoms with Crippen molar-refractivity contribution in [2.75, 3.05) is 0 Å². The average molecular weight is 334 g/mol. The molecule has 1 aliphatic carbocycles. The largest absolute Gasteiger partial charge is 0.352 e. The van der Waals surface area contributed by atoms with Crippen LogP contribution >= 0.6 is 11.6 Å². The van der Waals surface area contributed by atoms with Crippen molar-refractivity contribution in [3.63, 3.8) is 0 Å². The zero-order valence-corrected chi connectivity index (χ0v) is 13.3. The summed E-state index contributed by atoms with van der Waals surface area (Å²) >= 11 is 6.11. The molecule has 0 spiro atoms. The van der Waals surface area contributed by atoms with Crippen LogP contribution in [0.2, 0.25) is 5.02 Å². The molecule has 2 aromatic carbocycles. The van der Waals surface area contributed by atoms with Crippen molar-refractivity contribution >= 4 is 22.5 Å². The summed E-state index contributed by atoms with van der Waals surface area (Å²) in [6, 6.07) is 15.7. The van der Waals surface area contributed by atoms with Crippen LogP contribution in [0.15, 0.2) is 53.3 Å². The van der Waals surface area contributed by atoms with Crippen LogP contribution < -0.4 is 5.56 Å². The minimum atomic E-state index is -0.166. The summed E-state index contributed by atoms with van der Waals surface area (Å²) in [5.74, 6) is 0. The van der Waals surface area contributed by atoms with E-state index in [9.17, 15) is 4.79 Å². The monoisotopic (exact) mass is 333 g/mol. The Labute approximate surface area is 142 Å². The summed E-state index contributed by atoms with van der Waals surface area (Å²) in [4.78, 5) is 15.9. The predicted molar refractivity (Wildman–Crippen MR) is 95.4 cm³/mol. The molecule has 0 unspecified atom stereocenters. The van der Waals surface area contributed by atoms with Crippen molar-refractivity contribution in [3.8, 4) is 22.5 Å². The molecule has 0 fully saturated rings. The van der Waals surface area contributed by atoms with E-state index in [1.165, 1.54) is 5.56 Å². The number of hydrogen-bond donors (Lipinski definition) is 2. The van der Waals surface area contributed by atoms with Gasteiger partial charge in [0.05, 0.1) is 16.6 Å². The highest BCUT2D eigenvalue weighted by Crippen LogP contribution is 2.40. The molecular weight excluding hydrogens is 322 g/mol. The minimum Gasteiger partial charge on any atom is -0.352 e. The molecule has 2 aromatic heterocycles. The van der Waals surface area contributed by atoms with E-state index < -0.39 is 0 Å². The lowest BCUT2D eigenvalue weighted by Crippen LogP contribution is -2.10. The second-order valence-electron chi connectivity index (χ2n) is 5.97. The first-order valence-corrected chi connectivity index (χ1v) is 8.07. The molecule has 5 heteroatoms. The van der Waals surface area contributed by atoms with E-state index >= 15 is 0 Å². The van der Waals surface area contributed by atoms with E-state index in [0.29, 0.717) is 16.1 Å². The summed E-state index contributed by atoms with van der Waals surface area (Å²) in [5, 5.41) is 8.22. The number of halogens is 1. The third kappa shape index (κ3) is 1.80. The summed E-state index contributed by atoms with van der Waals surface area (Å²) in [5.41, 5.74) is 6.62. The van der Waals surface area contributed by atoms with E-state index in [-0.39, 0.29) is 5.56 Å². The molecule has 1 aliphatic rings. The van der Waals surface area contributed by atoms with Gasteiger partial charge in [-0.25, -0.2) is 5.10 Å². The van der Waals surface area contributed by atoms with Crippen LogP contribution in [0.5, 0.6) is 0 Å². The van der Waals surface area contributed by atoms with Crippen molar-refractivity contribution < 1.29 is 0 Å². The van der Waals surface area contributed by atoms with Gasteiger partial charge < -0.3 is 4.98 Å². The van der Waals surface area contributed by atoms with Crippen LogP contribution in [0, 0.1) is 0 Å². The molecule has 4 aromatic rings. The smallest absolute Gasteiger partial charge is 0.273 e. The Hall–Kier alpha value is -2.85. The number of H-pyrrole nitrogens is 2. The Balaban J connectivity index is 1.85. The van der Waals surface area contributed by atoms with Gasteiger partial charge in [0.2, 0.25) is 0 Å². The zero-order valence-electron chi connectivity index (χ0n) is 12.6. The normalized spacial score (nSPS) is 12.4. The number of fused-ring (bicyclic) bond motifs is 5. The highest BCUT2D eigenvalue weighted by Gasteiger charge is 2.26. The van der Waals surface area contributed by atoms with Crippen molar-refractivity contribution in [3.05, 3.63) is 75.0 Å². The maximum absolute atomic E-state index is 12.4. The van der Waals surface area contributed by atoms with Gasteiger partial charge in [0, 0.05) is 22.6 Å². The summed E-state index contributed by atoms with van der Waals surface area (Å²) in [7, 11) is 0. The molecule has 2 heterocycles. The SMILES string of the molecule is O=c1[nH]nc(-c2cccc(Cl)c2)c2[nH]c3c(c12)Cc1ccccc1-3. The Bertz CT molecular complexity index is 1170. The molecule has 2 N–H and O–H groups in total. The first-order valence-electron chi connectivity index (χ1n) is 7.70. The van der Waals surface area contributed by atoms with Crippen LogP contribution in [0.25, 0.3) is 33.4 Å². The van der Waals surface area contributed by atoms with Crippen molar-refractivity contribution in [2.45, 2.75) is 6.42 Å². The van der Waals surface area contributed by atoms with E-state index in [2.05, 4.69) is 27.3 Å². The van der Waals surface area contributed by atoms with E-state index in [1.54, 1.807) is 0 Å². The predicted octanol–water partition coefficient (Wildman–Crippen LogP) is 4.14. The van der Waals surface area contributed by atoms with Crippen LogP contribution in [0.1, 0.15) is 11.1 Å². The van der Waals surface area contributed by atoms with Crippen LogP contribution in [0.3, 0.4) is 0 Å². The number of aromatic nitrogens is 3. The van der Waals surface area contributed by atoms with Gasteiger partial charge in [-0.3, -0.25) is 4.79 Å². The molecule has 0 radical (unpaired) electrons. The van der Waals surface area contributed by atoms with Gasteiger partial charge >= 0.3 is 0 Å². The molecule has 5 rings (SSSR count). The summed E-state index contributed by atoms with van der Waals surface area (Å²) in [6.07, 6.45) is 0.758. The van der Waals surface area contributed by atoms with Gasteiger partial charge in [-0.15, -0.1) is 0 Å². The Morgan fingerprint density at radius 2 is 1.96 bits per heavy atom. The van der Waals surface area contributed by atoms with Crippen molar-refractivity contribution in [1.82, 2.24) is 15.2 Å². The van der Waals surface area contributed by atoms with Gasteiger partial charge in [-0.1, -0.05) is 48.0 Å². The van der Waals surface area contributed by atoms with Gasteiger partial charge in [-0.05, 0) is 23.3 Å². The molecular formula is C19H12ClN3O. The summed E-state index contributed by atoms with van der Waals surface area (Å²) in [6.45, 7) is 0. The third-order valence-corrected chi connectivity index (χ3v) is 4.82. The lowest BCUT2D eigenvalue weighted by Gasteiger charge is -2.04. The average Bonchev–Trinajstić information content (AvgIpc) is 3.11. The first kappa shape index (κ1) is 13.6. The molecule has 0 amide bonds. The number of hydrogen-bond acceptors (Lipinski definition) is 2. The van der Waals surface area contributed by atoms with Gasteiger partial charge in [0.25, 0.3) is 5.56 Å². The Morgan fingerprint density at radius 3 is 2.83 bits per heavy atom. The van der Waals surface area contributed by atoms with Crippen molar-refractivity contribution in [2.24, 2.45) is 0 Å². The Kier molecular flexibility index (Phi) is 2.73. The quantitative estimate of drug-likeness (QED) is 0.484. The van der Waals surface area contributed by atoms with Gasteiger partial charge in [0.15, 0.2) is 0 Å². The summed E-state index contributed by atoms with van der Waals surface area (Å²) < 4.78 is 0. The minimum absolute atomic E-state index is 0.166. The van der Waals surface area contributed by atoms with Gasteiger partial charge in [0.1, 0.15) is 5.69 Å². The second-order valence-corrected chi connectivity index (χ2v) is 6.41. The lowest BCUT2D eigenvalue weighted by molar-refractivity contribution is 1.01. The molecule has 24 heavy (non-hydrogen) atoms. The lowest BCUT2D eigenvalue weighted by atomic mass is 10.1. The maximum Gasteiger partial charge on any atom is 0.273 e. The second kappa shape index (κ2) is 4.82. The molecule has 0 aliphatic heterocycles. The third-order valence-electron chi connectivity index (χ3n) is 4.59. The molecule has 0 bridgehead atoms. The number of rotatable bonds is 1. The highest BCUT2D eigenvalue weighted by atomic mass is 35.5. The first-order chi connectivity index (χ1) is 11.7. The number of benzene rings is 2. The van der Waals surface area contributed by atoms with Crippen LogP contribution in [-0.4, -0.2) is 15.2 Å².